The minimum absolute atomic E-state index is 0.0369. The lowest BCUT2D eigenvalue weighted by atomic mass is 10.1. The summed E-state index contributed by atoms with van der Waals surface area (Å²) >= 11 is 12.0. The molecule has 4 aromatic rings. The Labute approximate surface area is 226 Å². The van der Waals surface area contributed by atoms with Crippen LogP contribution in [0.1, 0.15) is 22.8 Å². The van der Waals surface area contributed by atoms with Crippen LogP contribution in [0, 0.1) is 0 Å². The number of carbonyl (C=O) groups is 1. The molecule has 0 saturated carbocycles. The highest BCUT2D eigenvalue weighted by Gasteiger charge is 2.30. The molecule has 1 aromatic heterocycles. The average Bonchev–Trinajstić information content (AvgIpc) is 3.30. The zero-order chi connectivity index (χ0) is 27.3. The fourth-order valence-corrected chi connectivity index (χ4v) is 3.97. The number of nitrogens with zero attached hydrogens (tertiary/aromatic N) is 3. The van der Waals surface area contributed by atoms with Gasteiger partial charge in [0, 0.05) is 33.5 Å². The fourth-order valence-electron chi connectivity index (χ4n) is 3.44. The molecule has 0 radical (unpaired) electrons. The van der Waals surface area contributed by atoms with Crippen molar-refractivity contribution in [3.63, 3.8) is 0 Å². The van der Waals surface area contributed by atoms with E-state index in [9.17, 15) is 18.0 Å². The topological polar surface area (TPSA) is 78.3 Å². The summed E-state index contributed by atoms with van der Waals surface area (Å²) in [5, 5.41) is 7.79. The maximum atomic E-state index is 13.0. The number of anilines is 1. The molecule has 1 N–H and O–H groups in total. The Morgan fingerprint density at radius 3 is 2.24 bits per heavy atom. The number of alkyl halides is 3. The number of hydrogen-bond donors (Lipinski definition) is 1. The van der Waals surface area contributed by atoms with Crippen LogP contribution in [0.15, 0.2) is 66.7 Å². The lowest BCUT2D eigenvalue weighted by Gasteiger charge is -2.10. The predicted molar refractivity (Wildman–Crippen MR) is 138 cm³/mol. The van der Waals surface area contributed by atoms with Gasteiger partial charge in [-0.2, -0.15) is 18.2 Å². The first-order chi connectivity index (χ1) is 18.1. The Bertz CT molecular complexity index is 1390. The van der Waals surface area contributed by atoms with Crippen LogP contribution < -0.4 is 10.1 Å². The molecule has 0 unspecified atom stereocenters. The van der Waals surface area contributed by atoms with Crippen molar-refractivity contribution in [2.24, 2.45) is 0 Å². The number of rotatable bonds is 9. The van der Waals surface area contributed by atoms with Crippen molar-refractivity contribution in [3.05, 3.63) is 87.9 Å². The number of ether oxygens (including phenoxy) is 2. The second-order valence-corrected chi connectivity index (χ2v) is 8.78. The summed E-state index contributed by atoms with van der Waals surface area (Å²) in [6, 6.07) is 15.8. The van der Waals surface area contributed by atoms with Crippen molar-refractivity contribution in [3.8, 4) is 23.1 Å². The normalized spacial score (nSPS) is 11.4. The van der Waals surface area contributed by atoms with Gasteiger partial charge in [-0.25, -0.2) is 4.68 Å². The number of nitrogens with one attached hydrogen (secondary N) is 1. The molecule has 0 bridgehead atoms. The van der Waals surface area contributed by atoms with Gasteiger partial charge in [0.15, 0.2) is 5.82 Å². The maximum Gasteiger partial charge on any atom is 0.416 e. The van der Waals surface area contributed by atoms with Gasteiger partial charge in [-0.05, 0) is 61.5 Å². The second kappa shape index (κ2) is 11.8. The molecule has 12 heteroatoms. The van der Waals surface area contributed by atoms with E-state index in [-0.39, 0.29) is 18.4 Å². The number of benzene rings is 3. The molecule has 4 rings (SSSR count). The van der Waals surface area contributed by atoms with E-state index >= 15 is 0 Å². The first-order valence-corrected chi connectivity index (χ1v) is 12.1. The van der Waals surface area contributed by atoms with Gasteiger partial charge < -0.3 is 14.8 Å². The molecule has 198 valence electrons. The zero-order valence-corrected chi connectivity index (χ0v) is 21.4. The monoisotopic (exact) mass is 564 g/mol. The zero-order valence-electron chi connectivity index (χ0n) is 19.9. The molecule has 0 aliphatic carbocycles. The summed E-state index contributed by atoms with van der Waals surface area (Å²) in [6.07, 6.45) is -4.46. The van der Waals surface area contributed by atoms with Crippen molar-refractivity contribution >= 4 is 34.8 Å². The standard InChI is InChI=1S/C26H21Cl2F3N4O3/c1-2-37-11-12-38-25-33-23(16-3-5-18(6-4-16)26(29,30)31)35(34-25)22-9-7-21(8-10-22)32-24(36)17-13-19(27)15-20(28)14-17/h3-10,13-15H,2,11-12H2,1H3,(H,32,36). The Kier molecular flexibility index (Phi) is 8.55. The van der Waals surface area contributed by atoms with E-state index < -0.39 is 17.6 Å². The van der Waals surface area contributed by atoms with E-state index in [0.717, 1.165) is 12.1 Å². The maximum absolute atomic E-state index is 13.0. The highest BCUT2D eigenvalue weighted by Crippen LogP contribution is 2.32. The molecular formula is C26H21Cl2F3N4O3. The van der Waals surface area contributed by atoms with Gasteiger partial charge in [-0.1, -0.05) is 35.3 Å². The van der Waals surface area contributed by atoms with Crippen LogP contribution in [0.4, 0.5) is 18.9 Å². The van der Waals surface area contributed by atoms with Gasteiger partial charge in [0.25, 0.3) is 5.91 Å². The molecule has 3 aromatic carbocycles. The van der Waals surface area contributed by atoms with E-state index in [4.69, 9.17) is 32.7 Å². The SMILES string of the molecule is CCOCCOc1nc(-c2ccc(C(F)(F)F)cc2)n(-c2ccc(NC(=O)c3cc(Cl)cc(Cl)c3)cc2)n1. The number of carbonyl (C=O) groups excluding carboxylic acids is 1. The van der Waals surface area contributed by atoms with Gasteiger partial charge in [0.2, 0.25) is 0 Å². The van der Waals surface area contributed by atoms with E-state index in [1.807, 2.05) is 6.92 Å². The van der Waals surface area contributed by atoms with Crippen molar-refractivity contribution in [2.45, 2.75) is 13.1 Å². The summed E-state index contributed by atoms with van der Waals surface area (Å²) in [7, 11) is 0. The second-order valence-electron chi connectivity index (χ2n) is 7.91. The Hall–Kier alpha value is -3.60. The van der Waals surface area contributed by atoms with E-state index in [2.05, 4.69) is 15.4 Å². The quantitative estimate of drug-likeness (QED) is 0.223. The summed E-state index contributed by atoms with van der Waals surface area (Å²) in [5.74, 6) is -0.131. The molecule has 0 aliphatic heterocycles. The molecule has 0 atom stereocenters. The molecule has 0 saturated heterocycles. The van der Waals surface area contributed by atoms with Crippen LogP contribution in [0.5, 0.6) is 6.01 Å². The lowest BCUT2D eigenvalue weighted by Crippen LogP contribution is -2.12. The number of halogens is 5. The number of aromatic nitrogens is 3. The highest BCUT2D eigenvalue weighted by atomic mass is 35.5. The van der Waals surface area contributed by atoms with Crippen LogP contribution >= 0.6 is 23.2 Å². The van der Waals surface area contributed by atoms with Crippen molar-refractivity contribution in [1.29, 1.82) is 0 Å². The first-order valence-electron chi connectivity index (χ1n) is 11.4. The van der Waals surface area contributed by atoms with Crippen molar-refractivity contribution < 1.29 is 27.4 Å². The number of hydrogen-bond acceptors (Lipinski definition) is 5. The summed E-state index contributed by atoms with van der Waals surface area (Å²) in [4.78, 5) is 17.0. The van der Waals surface area contributed by atoms with Crippen LogP contribution in [0.2, 0.25) is 10.0 Å². The van der Waals surface area contributed by atoms with E-state index in [1.54, 1.807) is 24.3 Å². The minimum atomic E-state index is -4.46. The molecule has 0 fully saturated rings. The molecule has 0 aliphatic rings. The average molecular weight is 565 g/mol. The Balaban J connectivity index is 1.60. The molecule has 1 heterocycles. The minimum Gasteiger partial charge on any atom is -0.460 e. The largest absolute Gasteiger partial charge is 0.460 e. The van der Waals surface area contributed by atoms with Gasteiger partial charge in [0.05, 0.1) is 17.9 Å². The van der Waals surface area contributed by atoms with E-state index in [1.165, 1.54) is 35.0 Å². The van der Waals surface area contributed by atoms with Gasteiger partial charge in [0.1, 0.15) is 6.61 Å². The third kappa shape index (κ3) is 6.83. The summed E-state index contributed by atoms with van der Waals surface area (Å²) in [5.41, 5.74) is 0.943. The van der Waals surface area contributed by atoms with Crippen LogP contribution in [0.25, 0.3) is 17.1 Å². The molecule has 7 nitrogen and oxygen atoms in total. The molecule has 38 heavy (non-hydrogen) atoms. The van der Waals surface area contributed by atoms with Crippen LogP contribution in [0.3, 0.4) is 0 Å². The van der Waals surface area contributed by atoms with E-state index in [0.29, 0.717) is 45.8 Å². The first kappa shape index (κ1) is 27.4. The van der Waals surface area contributed by atoms with Gasteiger partial charge >= 0.3 is 12.2 Å². The van der Waals surface area contributed by atoms with Crippen LogP contribution in [-0.4, -0.2) is 40.5 Å². The van der Waals surface area contributed by atoms with Crippen LogP contribution in [-0.2, 0) is 10.9 Å². The highest BCUT2D eigenvalue weighted by molar-refractivity contribution is 6.35. The Morgan fingerprint density at radius 2 is 1.63 bits per heavy atom. The van der Waals surface area contributed by atoms with Crippen molar-refractivity contribution in [2.75, 3.05) is 25.1 Å². The smallest absolute Gasteiger partial charge is 0.416 e. The van der Waals surface area contributed by atoms with Gasteiger partial charge in [-0.15, -0.1) is 5.10 Å². The fraction of sp³-hybridized carbons (Fsp3) is 0.192. The summed E-state index contributed by atoms with van der Waals surface area (Å²) < 4.78 is 51.4. The molecule has 0 spiro atoms. The Morgan fingerprint density at radius 1 is 0.974 bits per heavy atom. The number of amides is 1. The lowest BCUT2D eigenvalue weighted by molar-refractivity contribution is -0.137. The third-order valence-electron chi connectivity index (χ3n) is 5.22. The molecule has 1 amide bonds. The molecular weight excluding hydrogens is 544 g/mol. The third-order valence-corrected chi connectivity index (χ3v) is 5.65. The van der Waals surface area contributed by atoms with Gasteiger partial charge in [-0.3, -0.25) is 4.79 Å². The van der Waals surface area contributed by atoms with Crippen molar-refractivity contribution in [1.82, 2.24) is 14.8 Å². The summed E-state index contributed by atoms with van der Waals surface area (Å²) in [6.45, 7) is 2.90. The predicted octanol–water partition coefficient (Wildman–Crippen LogP) is 6.93.